The zero-order valence-corrected chi connectivity index (χ0v) is 15.7. The molecule has 26 heavy (non-hydrogen) atoms. The number of likely N-dealkylation sites (tertiary alicyclic amines) is 1. The van der Waals surface area contributed by atoms with Gasteiger partial charge in [0.05, 0.1) is 17.9 Å². The van der Waals surface area contributed by atoms with Crippen molar-refractivity contribution in [3.63, 3.8) is 0 Å². The van der Waals surface area contributed by atoms with E-state index in [2.05, 4.69) is 10.3 Å². The zero-order valence-electron chi connectivity index (χ0n) is 15.7. The minimum absolute atomic E-state index is 0.0110. The average molecular weight is 362 g/mol. The molecule has 7 heteroatoms. The number of ether oxygens (including phenoxy) is 1. The van der Waals surface area contributed by atoms with Crippen molar-refractivity contribution in [3.8, 4) is 0 Å². The molecular weight excluding hydrogens is 332 g/mol. The van der Waals surface area contributed by atoms with Crippen molar-refractivity contribution in [1.29, 1.82) is 0 Å². The molecule has 7 nitrogen and oxygen atoms in total. The van der Waals surface area contributed by atoms with Crippen molar-refractivity contribution >= 4 is 11.8 Å². The van der Waals surface area contributed by atoms with E-state index < -0.39 is 0 Å². The second-order valence-electron chi connectivity index (χ2n) is 7.12. The summed E-state index contributed by atoms with van der Waals surface area (Å²) in [5.74, 6) is 0.152. The Bertz CT molecular complexity index is 622. The summed E-state index contributed by atoms with van der Waals surface area (Å²) in [6.45, 7) is 6.30. The molecule has 0 aromatic carbocycles. The highest BCUT2D eigenvalue weighted by Gasteiger charge is 2.31. The van der Waals surface area contributed by atoms with Gasteiger partial charge in [0.2, 0.25) is 5.91 Å². The molecule has 0 saturated carbocycles. The molecule has 3 rings (SSSR count). The highest BCUT2D eigenvalue weighted by atomic mass is 16.5. The second kappa shape index (κ2) is 9.16. The van der Waals surface area contributed by atoms with E-state index in [9.17, 15) is 9.59 Å². The van der Waals surface area contributed by atoms with Crippen LogP contribution in [0.25, 0.3) is 0 Å². The molecule has 1 atom stereocenters. The highest BCUT2D eigenvalue weighted by Crippen LogP contribution is 2.25. The van der Waals surface area contributed by atoms with Crippen LogP contribution in [0.3, 0.4) is 0 Å². The molecule has 1 fully saturated rings. The summed E-state index contributed by atoms with van der Waals surface area (Å²) in [6, 6.07) is 0. The summed E-state index contributed by atoms with van der Waals surface area (Å²) in [5, 5.41) is 2.91. The van der Waals surface area contributed by atoms with Crippen molar-refractivity contribution in [2.45, 2.75) is 52.0 Å². The Balaban J connectivity index is 1.54. The van der Waals surface area contributed by atoms with Crippen LogP contribution in [0.2, 0.25) is 0 Å². The summed E-state index contributed by atoms with van der Waals surface area (Å²) in [7, 11) is 0. The molecule has 2 amide bonds. The minimum Gasteiger partial charge on any atom is -0.382 e. The van der Waals surface area contributed by atoms with Gasteiger partial charge in [-0.05, 0) is 45.4 Å². The first-order valence-corrected chi connectivity index (χ1v) is 9.89. The normalized spacial score (nSPS) is 19.9. The van der Waals surface area contributed by atoms with Gasteiger partial charge in [0.1, 0.15) is 5.69 Å². The highest BCUT2D eigenvalue weighted by molar-refractivity contribution is 5.93. The van der Waals surface area contributed by atoms with Gasteiger partial charge in [0, 0.05) is 39.4 Å². The fourth-order valence-corrected chi connectivity index (χ4v) is 3.83. The fraction of sp³-hybridized carbons (Fsp3) is 0.737. The van der Waals surface area contributed by atoms with Gasteiger partial charge >= 0.3 is 0 Å². The Hall–Kier alpha value is -1.89. The first-order chi connectivity index (χ1) is 12.7. The van der Waals surface area contributed by atoms with Gasteiger partial charge < -0.3 is 19.5 Å². The molecule has 144 valence electrons. The maximum Gasteiger partial charge on any atom is 0.271 e. The summed E-state index contributed by atoms with van der Waals surface area (Å²) >= 11 is 0. The smallest absolute Gasteiger partial charge is 0.271 e. The first-order valence-electron chi connectivity index (χ1n) is 9.89. The summed E-state index contributed by atoms with van der Waals surface area (Å²) in [5.41, 5.74) is 1.46. The molecule has 0 aliphatic carbocycles. The maximum atomic E-state index is 12.7. The lowest BCUT2D eigenvalue weighted by atomic mass is 9.94. The van der Waals surface area contributed by atoms with E-state index in [0.29, 0.717) is 32.0 Å². The standard InChI is InChI=1S/C19H30N4O3/c1-2-26-12-6-9-20-18(24)17-16-8-7-15(13-23(16)14-21-17)19(25)22-10-4-3-5-11-22/h14-15H,2-13H2,1H3,(H,20,24). The molecule has 0 spiro atoms. The van der Waals surface area contributed by atoms with Crippen LogP contribution in [0.4, 0.5) is 0 Å². The predicted molar refractivity (Wildman–Crippen MR) is 97.9 cm³/mol. The molecule has 1 aromatic rings. The van der Waals surface area contributed by atoms with Gasteiger partial charge in [-0.25, -0.2) is 4.98 Å². The lowest BCUT2D eigenvalue weighted by molar-refractivity contribution is -0.137. The third kappa shape index (κ3) is 4.44. The van der Waals surface area contributed by atoms with E-state index >= 15 is 0 Å². The van der Waals surface area contributed by atoms with E-state index in [0.717, 1.165) is 50.9 Å². The molecule has 2 aliphatic rings. The largest absolute Gasteiger partial charge is 0.382 e. The molecule has 1 saturated heterocycles. The minimum atomic E-state index is -0.129. The third-order valence-corrected chi connectivity index (χ3v) is 5.28. The van der Waals surface area contributed by atoms with E-state index in [1.165, 1.54) is 6.42 Å². The summed E-state index contributed by atoms with van der Waals surface area (Å²) < 4.78 is 7.26. The van der Waals surface area contributed by atoms with E-state index in [1.54, 1.807) is 6.33 Å². The molecule has 0 radical (unpaired) electrons. The van der Waals surface area contributed by atoms with Crippen molar-refractivity contribution in [2.24, 2.45) is 5.92 Å². The van der Waals surface area contributed by atoms with E-state index in [1.807, 2.05) is 16.4 Å². The topological polar surface area (TPSA) is 76.5 Å². The van der Waals surface area contributed by atoms with Crippen LogP contribution in [0.15, 0.2) is 6.33 Å². The number of rotatable bonds is 7. The quantitative estimate of drug-likeness (QED) is 0.748. The summed E-state index contributed by atoms with van der Waals surface area (Å²) in [6.07, 6.45) is 7.48. The Kier molecular flexibility index (Phi) is 6.66. The summed E-state index contributed by atoms with van der Waals surface area (Å²) in [4.78, 5) is 31.4. The lowest BCUT2D eigenvalue weighted by Crippen LogP contribution is -2.42. The third-order valence-electron chi connectivity index (χ3n) is 5.28. The Morgan fingerprint density at radius 3 is 2.88 bits per heavy atom. The fourth-order valence-electron chi connectivity index (χ4n) is 3.83. The SMILES string of the molecule is CCOCCCNC(=O)c1ncn2c1CCC(C(=O)N1CCCCC1)C2. The first kappa shape index (κ1) is 18.9. The number of nitrogens with zero attached hydrogens (tertiary/aromatic N) is 3. The van der Waals surface area contributed by atoms with E-state index in [-0.39, 0.29) is 17.7 Å². The van der Waals surface area contributed by atoms with Crippen LogP contribution in [0.5, 0.6) is 0 Å². The zero-order chi connectivity index (χ0) is 18.4. The van der Waals surface area contributed by atoms with Crippen LogP contribution in [-0.2, 0) is 22.5 Å². The van der Waals surface area contributed by atoms with Gasteiger partial charge in [0.25, 0.3) is 5.91 Å². The lowest BCUT2D eigenvalue weighted by Gasteiger charge is -2.32. The van der Waals surface area contributed by atoms with Crippen molar-refractivity contribution in [2.75, 3.05) is 32.8 Å². The molecule has 1 unspecified atom stereocenters. The number of fused-ring (bicyclic) bond motifs is 1. The number of amides is 2. The van der Waals surface area contributed by atoms with Gasteiger partial charge in [-0.3, -0.25) is 9.59 Å². The Morgan fingerprint density at radius 2 is 2.12 bits per heavy atom. The van der Waals surface area contributed by atoms with Gasteiger partial charge in [0.15, 0.2) is 0 Å². The second-order valence-corrected chi connectivity index (χ2v) is 7.12. The number of carbonyl (C=O) groups is 2. The van der Waals surface area contributed by atoms with Crippen molar-refractivity contribution in [3.05, 3.63) is 17.7 Å². The molecule has 1 aromatic heterocycles. The van der Waals surface area contributed by atoms with Crippen LogP contribution >= 0.6 is 0 Å². The van der Waals surface area contributed by atoms with Crippen LogP contribution in [0, 0.1) is 5.92 Å². The van der Waals surface area contributed by atoms with Crippen molar-refractivity contribution in [1.82, 2.24) is 19.8 Å². The molecular formula is C19H30N4O3. The molecule has 1 N–H and O–H groups in total. The van der Waals surface area contributed by atoms with Crippen LogP contribution in [0.1, 0.15) is 55.2 Å². The number of aromatic nitrogens is 2. The molecule has 0 bridgehead atoms. The van der Waals surface area contributed by atoms with Crippen LogP contribution in [-0.4, -0.2) is 59.1 Å². The monoisotopic (exact) mass is 362 g/mol. The van der Waals surface area contributed by atoms with Crippen molar-refractivity contribution < 1.29 is 14.3 Å². The number of hydrogen-bond acceptors (Lipinski definition) is 4. The number of imidazole rings is 1. The van der Waals surface area contributed by atoms with E-state index in [4.69, 9.17) is 4.74 Å². The Morgan fingerprint density at radius 1 is 1.31 bits per heavy atom. The number of hydrogen-bond donors (Lipinski definition) is 1. The predicted octanol–water partition coefficient (Wildman–Crippen LogP) is 1.61. The number of nitrogens with one attached hydrogen (secondary N) is 1. The maximum absolute atomic E-state index is 12.7. The molecule has 2 aliphatic heterocycles. The number of carbonyl (C=O) groups excluding carboxylic acids is 2. The van der Waals surface area contributed by atoms with Gasteiger partial charge in [-0.2, -0.15) is 0 Å². The average Bonchev–Trinajstić information content (AvgIpc) is 3.11. The Labute approximate surface area is 155 Å². The van der Waals surface area contributed by atoms with Crippen LogP contribution < -0.4 is 5.32 Å². The molecule has 3 heterocycles. The van der Waals surface area contributed by atoms with Gasteiger partial charge in [-0.1, -0.05) is 0 Å². The number of piperidine rings is 1. The van der Waals surface area contributed by atoms with Gasteiger partial charge in [-0.15, -0.1) is 0 Å².